The highest BCUT2D eigenvalue weighted by atomic mass is 16.5. The highest BCUT2D eigenvalue weighted by Gasteiger charge is 2.18. The number of nitrogens with one attached hydrogen (secondary N) is 1. The minimum Gasteiger partial charge on any atom is -0.496 e. The molecule has 2 aromatic rings. The lowest BCUT2D eigenvalue weighted by Gasteiger charge is -2.18. The molecule has 0 unspecified atom stereocenters. The molecule has 0 radical (unpaired) electrons. The average Bonchev–Trinajstić information content (AvgIpc) is 2.69. The van der Waals surface area contributed by atoms with Crippen molar-refractivity contribution < 1.29 is 23.8 Å². The van der Waals surface area contributed by atoms with Gasteiger partial charge in [0.2, 0.25) is 5.91 Å². The minimum absolute atomic E-state index is 0.103. The van der Waals surface area contributed by atoms with E-state index in [1.165, 1.54) is 12.0 Å². The molecule has 0 aromatic heterocycles. The number of likely N-dealkylation sites (N-methyl/N-ethyl adjacent to an activating group) is 1. The van der Waals surface area contributed by atoms with Crippen molar-refractivity contribution in [2.75, 3.05) is 39.2 Å². The Labute approximate surface area is 165 Å². The number of hydrogen-bond acceptors (Lipinski definition) is 5. The Morgan fingerprint density at radius 3 is 2.32 bits per heavy atom. The van der Waals surface area contributed by atoms with Gasteiger partial charge in [0.05, 0.1) is 32.4 Å². The monoisotopic (exact) mass is 386 g/mol. The van der Waals surface area contributed by atoms with Crippen molar-refractivity contribution in [1.29, 1.82) is 0 Å². The number of carbonyl (C=O) groups is 2. The summed E-state index contributed by atoms with van der Waals surface area (Å²) in [6.07, 6.45) is 0. The quantitative estimate of drug-likeness (QED) is 0.716. The van der Waals surface area contributed by atoms with E-state index in [2.05, 4.69) is 5.32 Å². The second-order valence-electron chi connectivity index (χ2n) is 5.94. The van der Waals surface area contributed by atoms with E-state index in [4.69, 9.17) is 14.2 Å². The molecule has 2 amide bonds. The normalized spacial score (nSPS) is 10.1. The van der Waals surface area contributed by atoms with Crippen LogP contribution in [0.5, 0.6) is 17.2 Å². The van der Waals surface area contributed by atoms with Gasteiger partial charge in [0, 0.05) is 18.8 Å². The summed E-state index contributed by atoms with van der Waals surface area (Å²) >= 11 is 0. The van der Waals surface area contributed by atoms with Gasteiger partial charge in [0.25, 0.3) is 5.91 Å². The molecule has 2 aromatic carbocycles. The molecule has 0 aliphatic carbocycles. The summed E-state index contributed by atoms with van der Waals surface area (Å²) in [5.74, 6) is 1.02. The number of para-hydroxylation sites is 1. The van der Waals surface area contributed by atoms with Gasteiger partial charge in [-0.1, -0.05) is 12.1 Å². The SMILES string of the molecule is CCOc1ccc(NC(=O)CN(C)C(=O)c2ccccc2OC)cc1OCC. The van der Waals surface area contributed by atoms with E-state index in [9.17, 15) is 9.59 Å². The molecule has 0 aliphatic heterocycles. The topological polar surface area (TPSA) is 77.1 Å². The van der Waals surface area contributed by atoms with Crippen LogP contribution in [0.3, 0.4) is 0 Å². The maximum atomic E-state index is 12.6. The van der Waals surface area contributed by atoms with E-state index in [1.54, 1.807) is 49.5 Å². The van der Waals surface area contributed by atoms with Gasteiger partial charge in [-0.05, 0) is 38.1 Å². The van der Waals surface area contributed by atoms with Crippen LogP contribution in [0.1, 0.15) is 24.2 Å². The molecule has 7 nitrogen and oxygen atoms in total. The van der Waals surface area contributed by atoms with Gasteiger partial charge in [0.15, 0.2) is 11.5 Å². The average molecular weight is 386 g/mol. The van der Waals surface area contributed by atoms with Crippen LogP contribution in [0.15, 0.2) is 42.5 Å². The van der Waals surface area contributed by atoms with Crippen LogP contribution >= 0.6 is 0 Å². The molecule has 0 spiro atoms. The zero-order valence-corrected chi connectivity index (χ0v) is 16.7. The van der Waals surface area contributed by atoms with Crippen molar-refractivity contribution in [3.63, 3.8) is 0 Å². The van der Waals surface area contributed by atoms with Gasteiger partial charge in [-0.3, -0.25) is 9.59 Å². The third-order valence-electron chi connectivity index (χ3n) is 3.89. The van der Waals surface area contributed by atoms with E-state index < -0.39 is 0 Å². The number of nitrogens with zero attached hydrogens (tertiary/aromatic N) is 1. The van der Waals surface area contributed by atoms with Gasteiger partial charge >= 0.3 is 0 Å². The van der Waals surface area contributed by atoms with Gasteiger partial charge in [-0.25, -0.2) is 0 Å². The molecule has 7 heteroatoms. The summed E-state index contributed by atoms with van der Waals surface area (Å²) in [5.41, 5.74) is 0.968. The standard InChI is InChI=1S/C21H26N2O5/c1-5-27-18-12-11-15(13-19(18)28-6-2)22-20(24)14-23(3)21(25)16-9-7-8-10-17(16)26-4/h7-13H,5-6,14H2,1-4H3,(H,22,24). The summed E-state index contributed by atoms with van der Waals surface area (Å²) in [7, 11) is 3.07. The van der Waals surface area contributed by atoms with Crippen molar-refractivity contribution in [2.24, 2.45) is 0 Å². The van der Waals surface area contributed by atoms with E-state index >= 15 is 0 Å². The molecule has 0 fully saturated rings. The van der Waals surface area contributed by atoms with Crippen LogP contribution < -0.4 is 19.5 Å². The predicted molar refractivity (Wildman–Crippen MR) is 107 cm³/mol. The third kappa shape index (κ3) is 5.39. The van der Waals surface area contributed by atoms with Crippen LogP contribution in [0.4, 0.5) is 5.69 Å². The molecule has 0 heterocycles. The second kappa shape index (κ2) is 10.2. The highest BCUT2D eigenvalue weighted by Crippen LogP contribution is 2.30. The summed E-state index contributed by atoms with van der Waals surface area (Å²) < 4.78 is 16.3. The molecule has 0 bridgehead atoms. The Balaban J connectivity index is 2.05. The van der Waals surface area contributed by atoms with Gasteiger partial charge in [0.1, 0.15) is 5.75 Å². The Morgan fingerprint density at radius 1 is 0.964 bits per heavy atom. The van der Waals surface area contributed by atoms with E-state index in [0.29, 0.717) is 41.7 Å². The zero-order chi connectivity index (χ0) is 20.5. The van der Waals surface area contributed by atoms with Crippen molar-refractivity contribution in [3.8, 4) is 17.2 Å². The molecule has 28 heavy (non-hydrogen) atoms. The van der Waals surface area contributed by atoms with Crippen LogP contribution in [-0.4, -0.2) is 50.6 Å². The highest BCUT2D eigenvalue weighted by molar-refractivity contribution is 6.00. The van der Waals surface area contributed by atoms with E-state index in [-0.39, 0.29) is 18.4 Å². The molecule has 0 saturated heterocycles. The maximum absolute atomic E-state index is 12.6. The van der Waals surface area contributed by atoms with Crippen molar-refractivity contribution >= 4 is 17.5 Å². The summed E-state index contributed by atoms with van der Waals surface area (Å²) in [5, 5.41) is 2.78. The lowest BCUT2D eigenvalue weighted by Crippen LogP contribution is -2.35. The van der Waals surface area contributed by atoms with E-state index in [0.717, 1.165) is 0 Å². The Morgan fingerprint density at radius 2 is 1.64 bits per heavy atom. The number of hydrogen-bond donors (Lipinski definition) is 1. The fourth-order valence-electron chi connectivity index (χ4n) is 2.64. The van der Waals surface area contributed by atoms with Crippen LogP contribution in [0.2, 0.25) is 0 Å². The van der Waals surface area contributed by atoms with Gasteiger partial charge < -0.3 is 24.4 Å². The van der Waals surface area contributed by atoms with Gasteiger partial charge in [-0.15, -0.1) is 0 Å². The second-order valence-corrected chi connectivity index (χ2v) is 5.94. The number of ether oxygens (including phenoxy) is 3. The first-order valence-corrected chi connectivity index (χ1v) is 9.08. The van der Waals surface area contributed by atoms with Crippen molar-refractivity contribution in [1.82, 2.24) is 4.90 Å². The number of methoxy groups -OCH3 is 1. The molecule has 0 saturated carbocycles. The number of amides is 2. The predicted octanol–water partition coefficient (Wildman–Crippen LogP) is 3.20. The summed E-state index contributed by atoms with van der Waals surface area (Å²) in [6.45, 7) is 4.66. The lowest BCUT2D eigenvalue weighted by atomic mass is 10.2. The first kappa shape index (κ1) is 21.1. The Kier molecular flexibility index (Phi) is 7.68. The number of rotatable bonds is 9. The summed E-state index contributed by atoms with van der Waals surface area (Å²) in [6, 6.07) is 12.1. The largest absolute Gasteiger partial charge is 0.496 e. The van der Waals surface area contributed by atoms with Crippen LogP contribution in [0, 0.1) is 0 Å². The molecule has 150 valence electrons. The zero-order valence-electron chi connectivity index (χ0n) is 16.7. The molecule has 2 rings (SSSR count). The molecule has 0 atom stereocenters. The smallest absolute Gasteiger partial charge is 0.257 e. The third-order valence-corrected chi connectivity index (χ3v) is 3.89. The Hall–Kier alpha value is -3.22. The lowest BCUT2D eigenvalue weighted by molar-refractivity contribution is -0.116. The number of benzene rings is 2. The van der Waals surface area contributed by atoms with Crippen molar-refractivity contribution in [3.05, 3.63) is 48.0 Å². The maximum Gasteiger partial charge on any atom is 0.257 e. The molecular weight excluding hydrogens is 360 g/mol. The first-order valence-electron chi connectivity index (χ1n) is 9.08. The van der Waals surface area contributed by atoms with Crippen molar-refractivity contribution in [2.45, 2.75) is 13.8 Å². The molecule has 0 aliphatic rings. The number of carbonyl (C=O) groups excluding carboxylic acids is 2. The Bertz CT molecular complexity index is 822. The molecule has 1 N–H and O–H groups in total. The molecular formula is C21H26N2O5. The van der Waals surface area contributed by atoms with Gasteiger partial charge in [-0.2, -0.15) is 0 Å². The van der Waals surface area contributed by atoms with Crippen LogP contribution in [0.25, 0.3) is 0 Å². The minimum atomic E-state index is -0.322. The fourth-order valence-corrected chi connectivity index (χ4v) is 2.64. The fraction of sp³-hybridized carbons (Fsp3) is 0.333. The summed E-state index contributed by atoms with van der Waals surface area (Å²) in [4.78, 5) is 26.3. The van der Waals surface area contributed by atoms with E-state index in [1.807, 2.05) is 13.8 Å². The first-order chi connectivity index (χ1) is 13.5. The number of anilines is 1. The van der Waals surface area contributed by atoms with Crippen LogP contribution in [-0.2, 0) is 4.79 Å².